The van der Waals surface area contributed by atoms with Crippen molar-refractivity contribution in [3.05, 3.63) is 45.7 Å². The van der Waals surface area contributed by atoms with Crippen LogP contribution in [-0.2, 0) is 19.3 Å². The summed E-state index contributed by atoms with van der Waals surface area (Å²) in [6, 6.07) is 8.73. The highest BCUT2D eigenvalue weighted by molar-refractivity contribution is 9.10. The Hall–Kier alpha value is -1.13. The average Bonchev–Trinajstić information content (AvgIpc) is 2.84. The monoisotopic (exact) mass is 335 g/mol. The lowest BCUT2D eigenvalue weighted by atomic mass is 10.1. The van der Waals surface area contributed by atoms with E-state index >= 15 is 0 Å². The fourth-order valence-corrected chi connectivity index (χ4v) is 2.83. The molecule has 0 aliphatic heterocycles. The zero-order valence-corrected chi connectivity index (χ0v) is 13.9. The normalized spacial score (nSPS) is 12.7. The molecule has 0 amide bonds. The molecule has 0 aliphatic carbocycles. The molecule has 0 saturated carbocycles. The van der Waals surface area contributed by atoms with E-state index in [1.54, 1.807) is 0 Å². The number of rotatable bonds is 5. The van der Waals surface area contributed by atoms with Gasteiger partial charge in [-0.15, -0.1) is 0 Å². The maximum absolute atomic E-state index is 5.87. The number of nitrogens with two attached hydrogens (primary N) is 1. The molecule has 0 radical (unpaired) electrons. The highest BCUT2D eigenvalue weighted by Crippen LogP contribution is 2.23. The molecule has 2 rings (SSSR count). The predicted molar refractivity (Wildman–Crippen MR) is 87.4 cm³/mol. The first-order valence-corrected chi connectivity index (χ1v) is 7.96. The molecule has 1 aromatic heterocycles. The summed E-state index contributed by atoms with van der Waals surface area (Å²) < 4.78 is 3.14. The third-order valence-electron chi connectivity index (χ3n) is 3.38. The lowest BCUT2D eigenvalue weighted by Crippen LogP contribution is -2.18. The van der Waals surface area contributed by atoms with Gasteiger partial charge in [0, 0.05) is 16.2 Å². The number of hydrogen-bond acceptors (Lipinski definition) is 2. The molecule has 0 spiro atoms. The van der Waals surface area contributed by atoms with Crippen LogP contribution in [0.5, 0.6) is 0 Å². The number of halogens is 1. The molecule has 2 aromatic rings. The van der Waals surface area contributed by atoms with Crippen LogP contribution in [0, 0.1) is 0 Å². The number of benzene rings is 1. The third-order valence-corrected chi connectivity index (χ3v) is 4.12. The second kappa shape index (κ2) is 6.55. The van der Waals surface area contributed by atoms with E-state index in [9.17, 15) is 0 Å². The molecule has 0 aliphatic rings. The highest BCUT2D eigenvalue weighted by Gasteiger charge is 2.10. The fourth-order valence-electron chi connectivity index (χ4n) is 2.30. The van der Waals surface area contributed by atoms with Gasteiger partial charge < -0.3 is 5.73 Å². The summed E-state index contributed by atoms with van der Waals surface area (Å²) in [5.41, 5.74) is 10.6. The molecule has 0 bridgehead atoms. The average molecular weight is 336 g/mol. The van der Waals surface area contributed by atoms with Crippen molar-refractivity contribution in [2.75, 3.05) is 0 Å². The molecule has 2 N–H and O–H groups in total. The predicted octanol–water partition coefficient (Wildman–Crippen LogP) is 3.65. The van der Waals surface area contributed by atoms with Crippen molar-refractivity contribution >= 4 is 15.9 Å². The molecule has 1 aromatic carbocycles. The zero-order valence-electron chi connectivity index (χ0n) is 12.4. The topological polar surface area (TPSA) is 43.8 Å². The van der Waals surface area contributed by atoms with Crippen LogP contribution in [0.2, 0.25) is 0 Å². The maximum Gasteiger partial charge on any atom is 0.0660 e. The van der Waals surface area contributed by atoms with E-state index in [2.05, 4.69) is 59.1 Å². The highest BCUT2D eigenvalue weighted by atomic mass is 79.9. The lowest BCUT2D eigenvalue weighted by molar-refractivity contribution is 0.734. The van der Waals surface area contributed by atoms with Gasteiger partial charge in [0.1, 0.15) is 0 Å². The van der Waals surface area contributed by atoms with Gasteiger partial charge in [0.15, 0.2) is 0 Å². The molecule has 4 heteroatoms. The van der Waals surface area contributed by atoms with Crippen molar-refractivity contribution in [1.82, 2.24) is 9.78 Å². The Balaban J connectivity index is 2.38. The zero-order chi connectivity index (χ0) is 14.7. The van der Waals surface area contributed by atoms with E-state index in [0.29, 0.717) is 0 Å². The summed E-state index contributed by atoms with van der Waals surface area (Å²) in [5.74, 6) is 0. The van der Waals surface area contributed by atoms with E-state index in [4.69, 9.17) is 5.73 Å². The number of aryl methyl sites for hydroxylation is 2. The Morgan fingerprint density at radius 1 is 1.25 bits per heavy atom. The quantitative estimate of drug-likeness (QED) is 0.906. The van der Waals surface area contributed by atoms with Gasteiger partial charge >= 0.3 is 0 Å². The van der Waals surface area contributed by atoms with Crippen molar-refractivity contribution in [1.29, 1.82) is 0 Å². The van der Waals surface area contributed by atoms with E-state index in [-0.39, 0.29) is 6.04 Å². The summed E-state index contributed by atoms with van der Waals surface area (Å²) in [6.07, 6.45) is 2.82. The van der Waals surface area contributed by atoms with Crippen molar-refractivity contribution in [2.24, 2.45) is 5.73 Å². The summed E-state index contributed by atoms with van der Waals surface area (Å²) in [7, 11) is 0. The van der Waals surface area contributed by atoms with E-state index in [0.717, 1.165) is 35.1 Å². The van der Waals surface area contributed by atoms with Crippen molar-refractivity contribution in [3.8, 4) is 5.69 Å². The Labute approximate surface area is 129 Å². The number of hydrogen-bond donors (Lipinski definition) is 1. The SMILES string of the molecule is CCc1cc(CC)n(-c2ccc(CC(C)N)c(Br)c2)n1. The van der Waals surface area contributed by atoms with Crippen LogP contribution in [-0.4, -0.2) is 15.8 Å². The maximum atomic E-state index is 5.87. The number of nitrogens with zero attached hydrogens (tertiary/aromatic N) is 2. The molecule has 0 saturated heterocycles. The molecule has 1 heterocycles. The lowest BCUT2D eigenvalue weighted by Gasteiger charge is -2.11. The minimum Gasteiger partial charge on any atom is -0.328 e. The molecular weight excluding hydrogens is 314 g/mol. The molecule has 3 nitrogen and oxygen atoms in total. The van der Waals surface area contributed by atoms with Gasteiger partial charge in [0.2, 0.25) is 0 Å². The second-order valence-corrected chi connectivity index (χ2v) is 6.06. The van der Waals surface area contributed by atoms with E-state index in [1.807, 2.05) is 11.6 Å². The van der Waals surface area contributed by atoms with Gasteiger partial charge in [-0.2, -0.15) is 5.10 Å². The third kappa shape index (κ3) is 3.30. The Morgan fingerprint density at radius 2 is 2.00 bits per heavy atom. The summed E-state index contributed by atoms with van der Waals surface area (Å²) in [6.45, 7) is 6.32. The minimum atomic E-state index is 0.166. The minimum absolute atomic E-state index is 0.166. The Kier molecular flexibility index (Phi) is 5.00. The second-order valence-electron chi connectivity index (χ2n) is 5.20. The smallest absolute Gasteiger partial charge is 0.0660 e. The van der Waals surface area contributed by atoms with Crippen LogP contribution in [0.4, 0.5) is 0 Å². The summed E-state index contributed by atoms with van der Waals surface area (Å²) >= 11 is 3.65. The van der Waals surface area contributed by atoms with E-state index < -0.39 is 0 Å². The summed E-state index contributed by atoms with van der Waals surface area (Å²) in [5, 5.41) is 4.67. The van der Waals surface area contributed by atoms with Gasteiger partial charge in [0.25, 0.3) is 0 Å². The van der Waals surface area contributed by atoms with Crippen LogP contribution in [0.3, 0.4) is 0 Å². The van der Waals surface area contributed by atoms with Crippen molar-refractivity contribution in [3.63, 3.8) is 0 Å². The van der Waals surface area contributed by atoms with Crippen LogP contribution >= 0.6 is 15.9 Å². The van der Waals surface area contributed by atoms with Crippen LogP contribution < -0.4 is 5.73 Å². The van der Waals surface area contributed by atoms with E-state index in [1.165, 1.54) is 11.3 Å². The van der Waals surface area contributed by atoms with Gasteiger partial charge in [-0.25, -0.2) is 4.68 Å². The first kappa shape index (κ1) is 15.3. The molecule has 1 unspecified atom stereocenters. The largest absolute Gasteiger partial charge is 0.328 e. The van der Waals surface area contributed by atoms with Crippen LogP contribution in [0.25, 0.3) is 5.69 Å². The molecule has 20 heavy (non-hydrogen) atoms. The van der Waals surface area contributed by atoms with Crippen LogP contribution in [0.15, 0.2) is 28.7 Å². The number of aromatic nitrogens is 2. The van der Waals surface area contributed by atoms with Gasteiger partial charge in [0.05, 0.1) is 11.4 Å². The Morgan fingerprint density at radius 3 is 2.55 bits per heavy atom. The fraction of sp³-hybridized carbons (Fsp3) is 0.438. The van der Waals surface area contributed by atoms with Gasteiger partial charge in [-0.05, 0) is 49.9 Å². The standard InChI is InChI=1S/C16H22BrN3/c1-4-13-9-14(5-2)20(19-13)15-7-6-12(8-11(3)18)16(17)10-15/h6-7,9-11H,4-5,8,18H2,1-3H3. The van der Waals surface area contributed by atoms with Gasteiger partial charge in [-0.1, -0.05) is 35.8 Å². The first-order valence-electron chi connectivity index (χ1n) is 7.17. The molecule has 108 valence electrons. The summed E-state index contributed by atoms with van der Waals surface area (Å²) in [4.78, 5) is 0. The molecule has 1 atom stereocenters. The van der Waals surface area contributed by atoms with Crippen LogP contribution in [0.1, 0.15) is 37.7 Å². The molecule has 0 fully saturated rings. The van der Waals surface area contributed by atoms with Crippen molar-refractivity contribution in [2.45, 2.75) is 46.1 Å². The first-order chi connectivity index (χ1) is 9.55. The van der Waals surface area contributed by atoms with Gasteiger partial charge in [-0.3, -0.25) is 0 Å². The molecular formula is C16H22BrN3. The van der Waals surface area contributed by atoms with Crippen molar-refractivity contribution < 1.29 is 0 Å². The Bertz CT molecular complexity index is 587.